The normalized spacial score (nSPS) is 11.0. The van der Waals surface area contributed by atoms with Crippen molar-refractivity contribution < 1.29 is 17.2 Å². The van der Waals surface area contributed by atoms with Crippen molar-refractivity contribution in [2.24, 2.45) is 5.41 Å². The van der Waals surface area contributed by atoms with Gasteiger partial charge in [0.2, 0.25) is 0 Å². The molecule has 0 fully saturated rings. The molecule has 4 nitrogen and oxygen atoms in total. The molecule has 5 heteroatoms. The first-order valence-electron chi connectivity index (χ1n) is 7.87. The van der Waals surface area contributed by atoms with Crippen molar-refractivity contribution in [2.75, 3.05) is 23.3 Å². The number of hydrogen-bond donors (Lipinski definition) is 2. The van der Waals surface area contributed by atoms with Gasteiger partial charge in [0.05, 0.1) is 0 Å². The number of benzene rings is 1. The number of amides is 2. The third kappa shape index (κ3) is 7.42. The lowest BCUT2D eigenvalue weighted by Gasteiger charge is -2.22. The van der Waals surface area contributed by atoms with Crippen molar-refractivity contribution in [3.8, 4) is 0 Å². The van der Waals surface area contributed by atoms with E-state index in [1.54, 1.807) is 6.20 Å². The predicted octanol–water partition coefficient (Wildman–Crippen LogP) is 1.53. The third-order valence-electron chi connectivity index (χ3n) is 3.38. The second-order valence-corrected chi connectivity index (χ2v) is 6.47. The lowest BCUT2D eigenvalue weighted by Crippen LogP contribution is -3.00. The van der Waals surface area contributed by atoms with E-state index in [1.165, 1.54) is 5.69 Å². The highest BCUT2D eigenvalue weighted by Crippen LogP contribution is 2.22. The molecule has 0 bridgehead atoms. The minimum Gasteiger partial charge on any atom is -1.00 e. The van der Waals surface area contributed by atoms with E-state index in [2.05, 4.69) is 56.2 Å². The summed E-state index contributed by atoms with van der Waals surface area (Å²) in [6.45, 7) is 14.5. The Morgan fingerprint density at radius 1 is 1.22 bits per heavy atom. The van der Waals surface area contributed by atoms with Crippen LogP contribution in [0.1, 0.15) is 40.2 Å². The SMILES string of the molecule is CCN(CC)c1ccc(NC(=O)N/C=C/C(C)(C)C)c(C)c1.[Cl-]. The van der Waals surface area contributed by atoms with Gasteiger partial charge in [0.25, 0.3) is 0 Å². The smallest absolute Gasteiger partial charge is 0.323 e. The van der Waals surface area contributed by atoms with Crippen LogP contribution in [0.5, 0.6) is 0 Å². The van der Waals surface area contributed by atoms with Gasteiger partial charge in [-0.3, -0.25) is 0 Å². The van der Waals surface area contributed by atoms with Crippen LogP contribution < -0.4 is 27.9 Å². The summed E-state index contributed by atoms with van der Waals surface area (Å²) in [6.07, 6.45) is 3.65. The highest BCUT2D eigenvalue weighted by atomic mass is 35.5. The molecule has 0 aromatic heterocycles. The molecule has 0 radical (unpaired) electrons. The van der Waals surface area contributed by atoms with E-state index < -0.39 is 0 Å². The van der Waals surface area contributed by atoms with Crippen LogP contribution >= 0.6 is 0 Å². The van der Waals surface area contributed by atoms with Gasteiger partial charge in [-0.15, -0.1) is 0 Å². The third-order valence-corrected chi connectivity index (χ3v) is 3.38. The van der Waals surface area contributed by atoms with Gasteiger partial charge in [-0.05, 0) is 49.9 Å². The maximum Gasteiger partial charge on any atom is 0.323 e. The van der Waals surface area contributed by atoms with Gasteiger partial charge in [0.1, 0.15) is 0 Å². The van der Waals surface area contributed by atoms with Crippen molar-refractivity contribution in [3.05, 3.63) is 36.0 Å². The number of anilines is 2. The second-order valence-electron chi connectivity index (χ2n) is 6.47. The number of rotatable bonds is 5. The number of carbonyl (C=O) groups excluding carboxylic acids is 1. The summed E-state index contributed by atoms with van der Waals surface area (Å²) in [5, 5.41) is 5.61. The van der Waals surface area contributed by atoms with E-state index in [4.69, 9.17) is 0 Å². The van der Waals surface area contributed by atoms with E-state index in [1.807, 2.05) is 25.1 Å². The van der Waals surface area contributed by atoms with Gasteiger partial charge >= 0.3 is 6.03 Å². The predicted molar refractivity (Wildman–Crippen MR) is 95.5 cm³/mol. The second kappa shape index (κ2) is 9.46. The van der Waals surface area contributed by atoms with E-state index in [0.717, 1.165) is 24.3 Å². The molecule has 23 heavy (non-hydrogen) atoms. The summed E-state index contributed by atoms with van der Waals surface area (Å²) in [7, 11) is 0. The molecule has 1 rings (SSSR count). The molecule has 1 aromatic carbocycles. The zero-order valence-electron chi connectivity index (χ0n) is 15.0. The topological polar surface area (TPSA) is 44.4 Å². The quantitative estimate of drug-likeness (QED) is 0.855. The lowest BCUT2D eigenvalue weighted by atomic mass is 9.97. The summed E-state index contributed by atoms with van der Waals surface area (Å²) in [5.41, 5.74) is 3.12. The van der Waals surface area contributed by atoms with E-state index in [9.17, 15) is 4.79 Å². The largest absolute Gasteiger partial charge is 1.00 e. The molecule has 0 spiro atoms. The number of nitrogens with zero attached hydrogens (tertiary/aromatic N) is 1. The monoisotopic (exact) mass is 338 g/mol. The Bertz CT molecular complexity index is 532. The Morgan fingerprint density at radius 2 is 1.83 bits per heavy atom. The summed E-state index contributed by atoms with van der Waals surface area (Å²) < 4.78 is 0. The molecule has 2 N–H and O–H groups in total. The summed E-state index contributed by atoms with van der Waals surface area (Å²) in [5.74, 6) is 0. The highest BCUT2D eigenvalue weighted by molar-refractivity contribution is 5.91. The van der Waals surface area contributed by atoms with Crippen molar-refractivity contribution in [1.82, 2.24) is 5.32 Å². The highest BCUT2D eigenvalue weighted by Gasteiger charge is 2.08. The molecular formula is C18H29ClN3O-. The Labute approximate surface area is 146 Å². The molecule has 130 valence electrons. The molecule has 0 aliphatic heterocycles. The first-order chi connectivity index (χ1) is 10.3. The average Bonchev–Trinajstić information content (AvgIpc) is 2.41. The Kier molecular flexibility index (Phi) is 8.77. The number of aryl methyl sites for hydroxylation is 1. The van der Waals surface area contributed by atoms with Crippen LogP contribution in [-0.4, -0.2) is 19.1 Å². The maximum absolute atomic E-state index is 11.9. The molecule has 1 aromatic rings. The summed E-state index contributed by atoms with van der Waals surface area (Å²) in [4.78, 5) is 14.2. The molecule has 0 saturated heterocycles. The first kappa shape index (κ1) is 21.3. The fourth-order valence-corrected chi connectivity index (χ4v) is 2.10. The molecular weight excluding hydrogens is 310 g/mol. The van der Waals surface area contributed by atoms with Gasteiger partial charge in [0, 0.05) is 30.7 Å². The van der Waals surface area contributed by atoms with E-state index in [-0.39, 0.29) is 23.9 Å². The van der Waals surface area contributed by atoms with Crippen molar-refractivity contribution in [3.63, 3.8) is 0 Å². The first-order valence-corrected chi connectivity index (χ1v) is 7.87. The maximum atomic E-state index is 11.9. The van der Waals surface area contributed by atoms with Crippen LogP contribution in [-0.2, 0) is 0 Å². The molecule has 0 atom stereocenters. The Morgan fingerprint density at radius 3 is 2.30 bits per heavy atom. The van der Waals surface area contributed by atoms with Crippen molar-refractivity contribution in [2.45, 2.75) is 41.5 Å². The van der Waals surface area contributed by atoms with Crippen LogP contribution in [0.15, 0.2) is 30.5 Å². The van der Waals surface area contributed by atoms with Gasteiger partial charge in [-0.2, -0.15) is 0 Å². The van der Waals surface area contributed by atoms with Crippen LogP contribution in [0.4, 0.5) is 16.2 Å². The fourth-order valence-electron chi connectivity index (χ4n) is 2.10. The number of hydrogen-bond acceptors (Lipinski definition) is 2. The Hall–Kier alpha value is -1.68. The lowest BCUT2D eigenvalue weighted by molar-refractivity contribution is -0.00000842. The zero-order valence-corrected chi connectivity index (χ0v) is 15.8. The number of nitrogens with one attached hydrogen (secondary N) is 2. The zero-order chi connectivity index (χ0) is 16.8. The van der Waals surface area contributed by atoms with Gasteiger partial charge < -0.3 is 27.9 Å². The number of urea groups is 1. The minimum absolute atomic E-state index is 0. The summed E-state index contributed by atoms with van der Waals surface area (Å²) in [6, 6.07) is 5.88. The van der Waals surface area contributed by atoms with Gasteiger partial charge in [-0.1, -0.05) is 26.8 Å². The molecule has 0 saturated carbocycles. The number of carbonyl (C=O) groups is 1. The Balaban J connectivity index is 0.00000484. The molecule has 0 aliphatic carbocycles. The number of allylic oxidation sites excluding steroid dienone is 1. The molecule has 0 unspecified atom stereocenters. The standard InChI is InChI=1S/C18H29N3O.ClH/c1-7-21(8-2)15-9-10-16(14(3)13-15)20-17(22)19-12-11-18(4,5)6;/h9-13H,7-8H2,1-6H3,(H2,19,20,22);1H/p-1/b12-11+;. The minimum atomic E-state index is -0.223. The van der Waals surface area contributed by atoms with Crippen LogP contribution in [0.2, 0.25) is 0 Å². The summed E-state index contributed by atoms with van der Waals surface area (Å²) >= 11 is 0. The molecule has 0 aliphatic rings. The molecule has 2 amide bonds. The van der Waals surface area contributed by atoms with Crippen LogP contribution in [0.3, 0.4) is 0 Å². The van der Waals surface area contributed by atoms with Gasteiger partial charge in [0.15, 0.2) is 0 Å². The molecule has 0 heterocycles. The average molecular weight is 339 g/mol. The fraction of sp³-hybridized carbons (Fsp3) is 0.500. The van der Waals surface area contributed by atoms with Crippen LogP contribution in [0, 0.1) is 12.3 Å². The number of halogens is 1. The van der Waals surface area contributed by atoms with E-state index in [0.29, 0.717) is 0 Å². The van der Waals surface area contributed by atoms with Crippen molar-refractivity contribution >= 4 is 17.4 Å². The van der Waals surface area contributed by atoms with Gasteiger partial charge in [-0.25, -0.2) is 4.79 Å². The van der Waals surface area contributed by atoms with Crippen LogP contribution in [0.25, 0.3) is 0 Å². The van der Waals surface area contributed by atoms with Crippen molar-refractivity contribution in [1.29, 1.82) is 0 Å². The van der Waals surface area contributed by atoms with E-state index >= 15 is 0 Å².